The third-order valence-corrected chi connectivity index (χ3v) is 10.0. The molecule has 5 aromatic rings. The summed E-state index contributed by atoms with van der Waals surface area (Å²) in [5.41, 5.74) is 13.6. The summed E-state index contributed by atoms with van der Waals surface area (Å²) in [5, 5.41) is 0. The molecule has 1 saturated heterocycles. The third kappa shape index (κ3) is 5.00. The average Bonchev–Trinajstić information content (AvgIpc) is 3.85. The number of nitrogens with zero attached hydrogens (tertiary/aromatic N) is 6. The second kappa shape index (κ2) is 11.2. The lowest BCUT2D eigenvalue weighted by Gasteiger charge is -2.41. The van der Waals surface area contributed by atoms with Gasteiger partial charge in [0.15, 0.2) is 11.5 Å². The molecule has 0 bridgehead atoms. The number of rotatable bonds is 7. The Balaban J connectivity index is 1.16. The highest BCUT2D eigenvalue weighted by Gasteiger charge is 2.38. The second-order valence-corrected chi connectivity index (χ2v) is 12.6. The first-order chi connectivity index (χ1) is 22.0. The van der Waals surface area contributed by atoms with Crippen LogP contribution in [0.1, 0.15) is 37.7 Å². The van der Waals surface area contributed by atoms with E-state index in [0.717, 1.165) is 97.6 Å². The lowest BCUT2D eigenvalue weighted by molar-refractivity contribution is -0.132. The molecule has 4 heterocycles. The Morgan fingerprint density at radius 2 is 1.71 bits per heavy atom. The van der Waals surface area contributed by atoms with Gasteiger partial charge in [0.2, 0.25) is 5.91 Å². The van der Waals surface area contributed by atoms with E-state index in [0.29, 0.717) is 17.5 Å². The van der Waals surface area contributed by atoms with Gasteiger partial charge in [-0.3, -0.25) is 9.36 Å². The Bertz CT molecular complexity index is 1880. The monoisotopic (exact) mass is 618 g/mol. The number of halogens is 1. The van der Waals surface area contributed by atoms with Gasteiger partial charge in [0.25, 0.3) is 0 Å². The molecule has 1 amide bonds. The van der Waals surface area contributed by atoms with Crippen LogP contribution in [0.3, 0.4) is 0 Å². The highest BCUT2D eigenvalue weighted by atomic mass is 35.5. The van der Waals surface area contributed by atoms with Gasteiger partial charge in [-0.15, -0.1) is 0 Å². The molecule has 2 aromatic carbocycles. The Kier molecular flexibility index (Phi) is 6.95. The minimum Gasteiger partial charge on any atom is -0.383 e. The number of imidazole rings is 1. The van der Waals surface area contributed by atoms with E-state index < -0.39 is 0 Å². The van der Waals surface area contributed by atoms with Crippen molar-refractivity contribution in [2.45, 2.75) is 37.6 Å². The number of nitrogens with two attached hydrogens (primary N) is 1. The molecule has 45 heavy (non-hydrogen) atoms. The molecule has 2 aliphatic carbocycles. The molecule has 3 aromatic heterocycles. The largest absolute Gasteiger partial charge is 0.383 e. The van der Waals surface area contributed by atoms with E-state index in [4.69, 9.17) is 27.5 Å². The van der Waals surface area contributed by atoms with Gasteiger partial charge in [-0.05, 0) is 98.0 Å². The van der Waals surface area contributed by atoms with E-state index in [9.17, 15) is 4.79 Å². The van der Waals surface area contributed by atoms with Crippen molar-refractivity contribution in [2.24, 2.45) is 5.92 Å². The number of nitrogens with one attached hydrogen (secondary N) is 1. The fourth-order valence-electron chi connectivity index (χ4n) is 6.68. The van der Waals surface area contributed by atoms with E-state index in [-0.39, 0.29) is 11.5 Å². The Labute approximate surface area is 267 Å². The number of carbonyl (C=O) groups excluding carboxylic acids is 1. The van der Waals surface area contributed by atoms with Crippen LogP contribution in [-0.4, -0.2) is 56.5 Å². The number of nitrogen functional groups attached to an aromatic ring is 1. The maximum absolute atomic E-state index is 12.6. The van der Waals surface area contributed by atoms with Crippen molar-refractivity contribution in [3.8, 4) is 28.3 Å². The smallest absolute Gasteiger partial charge is 0.225 e. The molecule has 3 fully saturated rings. The van der Waals surface area contributed by atoms with Crippen molar-refractivity contribution >= 4 is 40.4 Å². The number of piperazine rings is 1. The van der Waals surface area contributed by atoms with Gasteiger partial charge in [-0.25, -0.2) is 19.8 Å². The van der Waals surface area contributed by atoms with Gasteiger partial charge in [-0.1, -0.05) is 24.3 Å². The number of pyridine rings is 2. The standard InChI is InChI=1S/C35H35ClN8O/c36-41-35(15-3-16-35)25-9-11-26(12-10-25)44-32(28-6-2-17-38-31(28)37)40-30-14-13-29(39-33(30)44)24-4-1-5-27(22-24)42-18-20-43(21-19-42)34(45)23-7-8-23/h1-2,4-6,9-14,17,22-23,41H,3,7-8,15-16,18-21H2,(H2,37,38). The zero-order valence-corrected chi connectivity index (χ0v) is 25.7. The number of hydrogen-bond acceptors (Lipinski definition) is 7. The average molecular weight is 619 g/mol. The molecule has 2 saturated carbocycles. The number of anilines is 2. The number of hydrogen-bond donors (Lipinski definition) is 2. The highest BCUT2D eigenvalue weighted by Crippen LogP contribution is 2.42. The van der Waals surface area contributed by atoms with Crippen LogP contribution in [-0.2, 0) is 10.3 Å². The summed E-state index contributed by atoms with van der Waals surface area (Å²) < 4.78 is 2.07. The van der Waals surface area contributed by atoms with Crippen LogP contribution in [0.2, 0.25) is 0 Å². The van der Waals surface area contributed by atoms with Crippen LogP contribution < -0.4 is 15.5 Å². The minimum atomic E-state index is -0.177. The van der Waals surface area contributed by atoms with Gasteiger partial charge < -0.3 is 15.5 Å². The van der Waals surface area contributed by atoms with E-state index >= 15 is 0 Å². The molecular weight excluding hydrogens is 584 g/mol. The number of aromatic nitrogens is 4. The van der Waals surface area contributed by atoms with Crippen molar-refractivity contribution in [1.29, 1.82) is 0 Å². The maximum atomic E-state index is 12.6. The number of fused-ring (bicyclic) bond motifs is 1. The predicted octanol–water partition coefficient (Wildman–Crippen LogP) is 5.91. The number of carbonyl (C=O) groups is 1. The van der Waals surface area contributed by atoms with Crippen LogP contribution in [0, 0.1) is 5.92 Å². The summed E-state index contributed by atoms with van der Waals surface area (Å²) in [7, 11) is 0. The van der Waals surface area contributed by atoms with E-state index in [2.05, 4.69) is 67.8 Å². The first-order valence-corrected chi connectivity index (χ1v) is 16.1. The van der Waals surface area contributed by atoms with Crippen molar-refractivity contribution in [3.05, 3.63) is 84.6 Å². The molecule has 1 aliphatic heterocycles. The van der Waals surface area contributed by atoms with Crippen LogP contribution in [0.4, 0.5) is 11.5 Å². The molecule has 3 N–H and O–H groups in total. The molecule has 0 spiro atoms. The van der Waals surface area contributed by atoms with Gasteiger partial charge >= 0.3 is 0 Å². The molecule has 0 unspecified atom stereocenters. The van der Waals surface area contributed by atoms with E-state index in [1.165, 1.54) is 5.56 Å². The van der Waals surface area contributed by atoms with Crippen LogP contribution in [0.5, 0.6) is 0 Å². The van der Waals surface area contributed by atoms with Crippen molar-refractivity contribution in [3.63, 3.8) is 0 Å². The summed E-state index contributed by atoms with van der Waals surface area (Å²) >= 11 is 6.19. The molecule has 0 radical (unpaired) electrons. The molecular formula is C35H35ClN8O. The lowest BCUT2D eigenvalue weighted by atomic mass is 9.73. The SMILES string of the molecule is Nc1ncccc1-c1nc2ccc(-c3cccc(N4CCN(C(=O)C5CC5)CC4)c3)nc2n1-c1ccc(C2(NCl)CCC2)cc1. The fraction of sp³-hybridized carbons (Fsp3) is 0.314. The zero-order chi connectivity index (χ0) is 30.5. The first kappa shape index (κ1) is 28.0. The fourth-order valence-corrected chi connectivity index (χ4v) is 6.98. The van der Waals surface area contributed by atoms with Crippen LogP contribution >= 0.6 is 11.8 Å². The molecule has 3 aliphatic rings. The Hall–Kier alpha value is -4.47. The van der Waals surface area contributed by atoms with E-state index in [1.807, 2.05) is 29.2 Å². The Morgan fingerprint density at radius 1 is 0.911 bits per heavy atom. The topological polar surface area (TPSA) is 105 Å². The van der Waals surface area contributed by atoms with Crippen LogP contribution in [0.25, 0.3) is 39.5 Å². The normalized spacial score (nSPS) is 17.8. The first-order valence-electron chi connectivity index (χ1n) is 15.8. The number of amides is 1. The lowest BCUT2D eigenvalue weighted by Crippen LogP contribution is -2.49. The maximum Gasteiger partial charge on any atom is 0.225 e. The van der Waals surface area contributed by atoms with E-state index in [1.54, 1.807) is 6.20 Å². The quantitative estimate of drug-likeness (QED) is 0.218. The summed E-state index contributed by atoms with van der Waals surface area (Å²) in [6.07, 6.45) is 6.96. The van der Waals surface area contributed by atoms with Gasteiger partial charge in [0, 0.05) is 55.2 Å². The molecule has 0 atom stereocenters. The minimum absolute atomic E-state index is 0.177. The molecule has 10 heteroatoms. The molecule has 228 valence electrons. The third-order valence-electron chi connectivity index (χ3n) is 9.67. The van der Waals surface area contributed by atoms with Crippen LogP contribution in [0.15, 0.2) is 79.0 Å². The summed E-state index contributed by atoms with van der Waals surface area (Å²) in [6, 6.07) is 24.8. The van der Waals surface area contributed by atoms with Gasteiger partial charge in [-0.2, -0.15) is 0 Å². The Morgan fingerprint density at radius 3 is 2.40 bits per heavy atom. The molecule has 9 nitrogen and oxygen atoms in total. The predicted molar refractivity (Wildman–Crippen MR) is 178 cm³/mol. The molecule has 8 rings (SSSR count). The van der Waals surface area contributed by atoms with Crippen molar-refractivity contribution in [1.82, 2.24) is 29.3 Å². The summed E-state index contributed by atoms with van der Waals surface area (Å²) in [5.74, 6) is 1.70. The second-order valence-electron chi connectivity index (χ2n) is 12.5. The highest BCUT2D eigenvalue weighted by molar-refractivity contribution is 6.14. The number of benzene rings is 2. The zero-order valence-electron chi connectivity index (χ0n) is 25.0. The van der Waals surface area contributed by atoms with Gasteiger partial charge in [0.1, 0.15) is 11.3 Å². The summed E-state index contributed by atoms with van der Waals surface area (Å²) in [6.45, 7) is 3.19. The van der Waals surface area contributed by atoms with Gasteiger partial charge in [0.05, 0.1) is 16.8 Å². The van der Waals surface area contributed by atoms with Crippen molar-refractivity contribution < 1.29 is 4.79 Å². The summed E-state index contributed by atoms with van der Waals surface area (Å²) in [4.78, 5) is 34.5. The van der Waals surface area contributed by atoms with Crippen molar-refractivity contribution in [2.75, 3.05) is 36.8 Å².